The molecule has 1 aliphatic heterocycles. The monoisotopic (exact) mass is 492 g/mol. The topological polar surface area (TPSA) is 90.2 Å². The van der Waals surface area contributed by atoms with Crippen LogP contribution in [0.25, 0.3) is 39.2 Å². The number of fused-ring (bicyclic) bond motifs is 2. The number of likely N-dealkylation sites (tertiary alicyclic amines) is 1. The number of pyridine rings is 2. The van der Waals surface area contributed by atoms with Crippen LogP contribution < -0.4 is 5.73 Å². The maximum absolute atomic E-state index is 14.1. The molecule has 0 saturated carbocycles. The van der Waals surface area contributed by atoms with Gasteiger partial charge in [0.1, 0.15) is 11.7 Å². The van der Waals surface area contributed by atoms with Gasteiger partial charge in [-0.3, -0.25) is 14.0 Å². The number of aromatic nitrogens is 6. The van der Waals surface area contributed by atoms with Crippen molar-refractivity contribution < 1.29 is 13.2 Å². The minimum Gasteiger partial charge on any atom is -0.326 e. The van der Waals surface area contributed by atoms with E-state index in [1.54, 1.807) is 27.4 Å². The molecule has 5 aromatic rings. The van der Waals surface area contributed by atoms with E-state index in [0.29, 0.717) is 30.1 Å². The van der Waals surface area contributed by atoms with Gasteiger partial charge in [0.25, 0.3) is 0 Å². The summed E-state index contributed by atoms with van der Waals surface area (Å²) in [7, 11) is 1.85. The Morgan fingerprint density at radius 1 is 1.03 bits per heavy atom. The van der Waals surface area contributed by atoms with Crippen LogP contribution in [-0.2, 0) is 7.05 Å². The lowest BCUT2D eigenvalue weighted by Gasteiger charge is -2.30. The van der Waals surface area contributed by atoms with Gasteiger partial charge in [0.15, 0.2) is 11.5 Å². The minimum atomic E-state index is -4.45. The highest BCUT2D eigenvalue weighted by Gasteiger charge is 2.46. The van der Waals surface area contributed by atoms with Gasteiger partial charge in [0, 0.05) is 49.5 Å². The van der Waals surface area contributed by atoms with Crippen LogP contribution in [0.4, 0.5) is 13.2 Å². The minimum absolute atomic E-state index is 0.116. The Labute approximate surface area is 204 Å². The molecule has 1 aromatic carbocycles. The summed E-state index contributed by atoms with van der Waals surface area (Å²) < 4.78 is 45.7. The summed E-state index contributed by atoms with van der Waals surface area (Å²) >= 11 is 0. The van der Waals surface area contributed by atoms with Crippen molar-refractivity contribution in [3.05, 3.63) is 66.6 Å². The molecule has 8 nitrogen and oxygen atoms in total. The standard InChI is InChI=1S/C25H23F3N8/c1-34-12-18(11-30-34)16-3-2-15-4-6-20(31-21(15)10-16)24-33-32-22-7-5-17(13-36(22)24)23(25(26,27)28)35-9-8-19(29)14-35/h2-7,10-13,19,23H,8-9,14,29H2,1H3/t19-,23-/m0/s1. The molecule has 0 radical (unpaired) electrons. The highest BCUT2D eigenvalue weighted by Crippen LogP contribution is 2.39. The molecular formula is C25H23F3N8. The Kier molecular flexibility index (Phi) is 5.27. The third kappa shape index (κ3) is 3.99. The number of nitrogens with zero attached hydrogens (tertiary/aromatic N) is 7. The maximum atomic E-state index is 14.1. The van der Waals surface area contributed by atoms with Crippen molar-refractivity contribution in [1.82, 2.24) is 34.3 Å². The third-order valence-corrected chi connectivity index (χ3v) is 6.63. The van der Waals surface area contributed by atoms with E-state index in [9.17, 15) is 13.2 Å². The van der Waals surface area contributed by atoms with Gasteiger partial charge >= 0.3 is 6.18 Å². The molecule has 1 aliphatic rings. The molecule has 2 atom stereocenters. The molecule has 36 heavy (non-hydrogen) atoms. The summed E-state index contributed by atoms with van der Waals surface area (Å²) in [6, 6.07) is 10.7. The molecule has 6 rings (SSSR count). The summed E-state index contributed by atoms with van der Waals surface area (Å²) in [5, 5.41) is 13.6. The van der Waals surface area contributed by atoms with E-state index in [4.69, 9.17) is 10.7 Å². The number of rotatable bonds is 4. The van der Waals surface area contributed by atoms with Crippen molar-refractivity contribution >= 4 is 16.6 Å². The molecular weight excluding hydrogens is 469 g/mol. The smallest absolute Gasteiger partial charge is 0.326 e. The van der Waals surface area contributed by atoms with Gasteiger partial charge in [-0.1, -0.05) is 24.3 Å². The first-order chi connectivity index (χ1) is 17.3. The summed E-state index contributed by atoms with van der Waals surface area (Å²) in [6.45, 7) is 0.493. The van der Waals surface area contributed by atoms with Crippen molar-refractivity contribution in [2.45, 2.75) is 24.7 Å². The lowest BCUT2D eigenvalue weighted by molar-refractivity contribution is -0.183. The predicted octanol–water partition coefficient (Wildman–Crippen LogP) is 3.98. The highest BCUT2D eigenvalue weighted by molar-refractivity contribution is 5.85. The van der Waals surface area contributed by atoms with E-state index < -0.39 is 12.2 Å². The fourth-order valence-corrected chi connectivity index (χ4v) is 4.89. The lowest BCUT2D eigenvalue weighted by Crippen LogP contribution is -2.38. The average molecular weight is 493 g/mol. The zero-order valence-electron chi connectivity index (χ0n) is 19.4. The van der Waals surface area contributed by atoms with E-state index >= 15 is 0 Å². The molecule has 0 spiro atoms. The van der Waals surface area contributed by atoms with Crippen molar-refractivity contribution in [3.8, 4) is 22.6 Å². The van der Waals surface area contributed by atoms with E-state index in [0.717, 1.165) is 22.0 Å². The molecule has 11 heteroatoms. The van der Waals surface area contributed by atoms with Crippen LogP contribution in [0.2, 0.25) is 0 Å². The van der Waals surface area contributed by atoms with E-state index in [-0.39, 0.29) is 18.2 Å². The van der Waals surface area contributed by atoms with Crippen molar-refractivity contribution in [2.24, 2.45) is 12.8 Å². The number of hydrogen-bond donors (Lipinski definition) is 1. The Bertz CT molecular complexity index is 1570. The number of alkyl halides is 3. The normalized spacial score (nSPS) is 17.9. The van der Waals surface area contributed by atoms with Gasteiger partial charge in [-0.15, -0.1) is 10.2 Å². The predicted molar refractivity (Wildman–Crippen MR) is 129 cm³/mol. The highest BCUT2D eigenvalue weighted by atomic mass is 19.4. The number of halogens is 3. The van der Waals surface area contributed by atoms with Crippen LogP contribution in [0.3, 0.4) is 0 Å². The Hall–Kier alpha value is -3.83. The Morgan fingerprint density at radius 2 is 1.86 bits per heavy atom. The first-order valence-corrected chi connectivity index (χ1v) is 11.6. The van der Waals surface area contributed by atoms with Crippen molar-refractivity contribution in [3.63, 3.8) is 0 Å². The molecule has 5 heterocycles. The van der Waals surface area contributed by atoms with Crippen molar-refractivity contribution in [2.75, 3.05) is 13.1 Å². The lowest BCUT2D eigenvalue weighted by atomic mass is 10.1. The molecule has 4 aromatic heterocycles. The zero-order chi connectivity index (χ0) is 25.0. The summed E-state index contributed by atoms with van der Waals surface area (Å²) in [6.07, 6.45) is 1.25. The third-order valence-electron chi connectivity index (χ3n) is 6.63. The van der Waals surface area contributed by atoms with Crippen LogP contribution in [0.15, 0.2) is 61.1 Å². The quantitative estimate of drug-likeness (QED) is 0.408. The molecule has 0 bridgehead atoms. The molecule has 1 fully saturated rings. The second-order valence-electron chi connectivity index (χ2n) is 9.21. The largest absolute Gasteiger partial charge is 0.408 e. The molecule has 0 unspecified atom stereocenters. The van der Waals surface area contributed by atoms with Gasteiger partial charge < -0.3 is 5.73 Å². The van der Waals surface area contributed by atoms with Crippen LogP contribution in [0.5, 0.6) is 0 Å². The van der Waals surface area contributed by atoms with Gasteiger partial charge in [0.05, 0.1) is 11.7 Å². The first-order valence-electron chi connectivity index (χ1n) is 11.6. The molecule has 1 saturated heterocycles. The van der Waals surface area contributed by atoms with Crippen LogP contribution in [-0.4, -0.2) is 59.6 Å². The summed E-state index contributed by atoms with van der Waals surface area (Å²) in [5.41, 5.74) is 9.64. The number of nitrogens with two attached hydrogens (primary N) is 1. The zero-order valence-corrected chi connectivity index (χ0v) is 19.4. The fraction of sp³-hybridized carbons (Fsp3) is 0.280. The van der Waals surface area contributed by atoms with Gasteiger partial charge in [-0.2, -0.15) is 18.3 Å². The van der Waals surface area contributed by atoms with Crippen molar-refractivity contribution in [1.29, 1.82) is 0 Å². The number of benzene rings is 1. The van der Waals surface area contributed by atoms with Crippen LogP contribution >= 0.6 is 0 Å². The number of hydrogen-bond acceptors (Lipinski definition) is 6. The molecule has 184 valence electrons. The van der Waals surface area contributed by atoms with Crippen LogP contribution in [0, 0.1) is 0 Å². The first kappa shape index (κ1) is 22.6. The van der Waals surface area contributed by atoms with E-state index in [1.807, 2.05) is 37.5 Å². The SMILES string of the molecule is Cn1cc(-c2ccc3ccc(-c4nnc5ccc([C@H](N6CC[C@H](N)C6)C(F)(F)F)cn45)nc3c2)cn1. The average Bonchev–Trinajstić information content (AvgIpc) is 3.57. The van der Waals surface area contributed by atoms with Crippen LogP contribution in [0.1, 0.15) is 18.0 Å². The van der Waals surface area contributed by atoms with Gasteiger partial charge in [-0.05, 0) is 35.7 Å². The van der Waals surface area contributed by atoms with E-state index in [1.165, 1.54) is 17.2 Å². The number of aryl methyl sites for hydroxylation is 1. The van der Waals surface area contributed by atoms with Gasteiger partial charge in [0.2, 0.25) is 0 Å². The molecule has 0 amide bonds. The second-order valence-corrected chi connectivity index (χ2v) is 9.21. The van der Waals surface area contributed by atoms with Gasteiger partial charge in [-0.25, -0.2) is 4.98 Å². The summed E-state index contributed by atoms with van der Waals surface area (Å²) in [5.74, 6) is 0.375. The summed E-state index contributed by atoms with van der Waals surface area (Å²) in [4.78, 5) is 6.16. The molecule has 0 aliphatic carbocycles. The maximum Gasteiger partial charge on any atom is 0.408 e. The fourth-order valence-electron chi connectivity index (χ4n) is 4.89. The molecule has 2 N–H and O–H groups in total. The Morgan fingerprint density at radius 3 is 2.58 bits per heavy atom. The Balaban J connectivity index is 1.43. The second kappa shape index (κ2) is 8.38. The van der Waals surface area contributed by atoms with E-state index in [2.05, 4.69) is 15.3 Å².